The van der Waals surface area contributed by atoms with Gasteiger partial charge in [-0.2, -0.15) is 0 Å². The summed E-state index contributed by atoms with van der Waals surface area (Å²) < 4.78 is 0. The second kappa shape index (κ2) is 5.76. The van der Waals surface area contributed by atoms with Gasteiger partial charge in [-0.1, -0.05) is 19.6 Å². The van der Waals surface area contributed by atoms with Crippen molar-refractivity contribution in [2.45, 2.75) is 27.2 Å². The molecule has 60 valence electrons. The highest BCUT2D eigenvalue weighted by Crippen LogP contribution is 1.97. The van der Waals surface area contributed by atoms with E-state index in [0.717, 1.165) is 12.0 Å². The lowest BCUT2D eigenvalue weighted by atomic mass is 10.2. The van der Waals surface area contributed by atoms with E-state index in [1.54, 1.807) is 0 Å². The molecule has 0 aromatic carbocycles. The highest BCUT2D eigenvalue weighted by atomic mass is 13.8. The Kier molecular flexibility index (Phi) is 5.24. The molecule has 0 bridgehead atoms. The Bertz CT molecular complexity index is 210. The second-order valence-electron chi connectivity index (χ2n) is 2.50. The van der Waals surface area contributed by atoms with Gasteiger partial charge >= 0.3 is 0 Å². The molecule has 0 spiro atoms. The van der Waals surface area contributed by atoms with Gasteiger partial charge in [0.1, 0.15) is 0 Å². The van der Waals surface area contributed by atoms with E-state index in [4.69, 9.17) is 0 Å². The number of allylic oxidation sites excluding steroid dienone is 4. The van der Waals surface area contributed by atoms with Crippen LogP contribution < -0.4 is 0 Å². The topological polar surface area (TPSA) is 0 Å². The Morgan fingerprint density at radius 3 is 2.55 bits per heavy atom. The molecule has 0 radical (unpaired) electrons. The maximum absolute atomic E-state index is 3.84. The van der Waals surface area contributed by atoms with Crippen molar-refractivity contribution in [1.29, 1.82) is 0 Å². The van der Waals surface area contributed by atoms with Gasteiger partial charge in [0.15, 0.2) is 0 Å². The molecule has 0 aromatic rings. The molecule has 0 N–H and O–H groups in total. The second-order valence-corrected chi connectivity index (χ2v) is 2.50. The van der Waals surface area contributed by atoms with Crippen molar-refractivity contribution >= 4 is 0 Å². The molecule has 0 nitrogen and oxygen atoms in total. The highest BCUT2D eigenvalue weighted by Gasteiger charge is 1.77. The molecule has 0 aliphatic rings. The Morgan fingerprint density at radius 1 is 1.45 bits per heavy atom. The molecule has 0 amide bonds. The summed E-state index contributed by atoms with van der Waals surface area (Å²) in [6.45, 7) is 9.99. The summed E-state index contributed by atoms with van der Waals surface area (Å²) in [7, 11) is 0. The van der Waals surface area contributed by atoms with Gasteiger partial charge in [0.25, 0.3) is 0 Å². The molecule has 0 unspecified atom stereocenters. The lowest BCUT2D eigenvalue weighted by Crippen LogP contribution is -1.66. The fourth-order valence-electron chi connectivity index (χ4n) is 0.476. The third-order valence-electron chi connectivity index (χ3n) is 1.51. The van der Waals surface area contributed by atoms with Crippen LogP contribution in [0, 0.1) is 0 Å². The minimum absolute atomic E-state index is 0.996. The van der Waals surface area contributed by atoms with Crippen molar-refractivity contribution in [1.82, 2.24) is 0 Å². The molecular formula is C11H16. The number of hydrogen-bond acceptors (Lipinski definition) is 0. The zero-order valence-electron chi connectivity index (χ0n) is 7.65. The summed E-state index contributed by atoms with van der Waals surface area (Å²) in [5.41, 5.74) is 5.41. The Morgan fingerprint density at radius 2 is 2.09 bits per heavy atom. The van der Waals surface area contributed by atoms with Crippen molar-refractivity contribution in [2.24, 2.45) is 0 Å². The van der Waals surface area contributed by atoms with Crippen LogP contribution in [0.5, 0.6) is 0 Å². The minimum Gasteiger partial charge on any atom is -0.120 e. The first-order chi connectivity index (χ1) is 5.20. The molecule has 0 aliphatic heterocycles. The van der Waals surface area contributed by atoms with Crippen molar-refractivity contribution in [3.63, 3.8) is 0 Å². The summed E-state index contributed by atoms with van der Waals surface area (Å²) in [4.78, 5) is 0. The van der Waals surface area contributed by atoms with E-state index >= 15 is 0 Å². The Labute approximate surface area is 69.6 Å². The van der Waals surface area contributed by atoms with E-state index in [2.05, 4.69) is 32.2 Å². The zero-order chi connectivity index (χ0) is 8.69. The monoisotopic (exact) mass is 148 g/mol. The molecule has 0 saturated carbocycles. The van der Waals surface area contributed by atoms with Gasteiger partial charge in [0.2, 0.25) is 0 Å². The average molecular weight is 148 g/mol. The van der Waals surface area contributed by atoms with Crippen LogP contribution >= 0.6 is 0 Å². The van der Waals surface area contributed by atoms with Crippen molar-refractivity contribution in [3.05, 3.63) is 41.7 Å². The average Bonchev–Trinajstić information content (AvgIpc) is 2.04. The normalized spacial score (nSPS) is 10.3. The smallest absolute Gasteiger partial charge is 0.0174 e. The van der Waals surface area contributed by atoms with Crippen LogP contribution in [0.1, 0.15) is 27.2 Å². The van der Waals surface area contributed by atoms with Crippen LogP contribution in [-0.4, -0.2) is 0 Å². The SMILES string of the molecule is C=C(C=C=C/C(C)=C\C)CC. The zero-order valence-corrected chi connectivity index (χ0v) is 7.65. The van der Waals surface area contributed by atoms with Crippen LogP contribution in [-0.2, 0) is 0 Å². The molecule has 11 heavy (non-hydrogen) atoms. The van der Waals surface area contributed by atoms with Crippen LogP contribution in [0.2, 0.25) is 0 Å². The van der Waals surface area contributed by atoms with Crippen LogP contribution in [0.4, 0.5) is 0 Å². The molecule has 0 saturated heterocycles. The van der Waals surface area contributed by atoms with Crippen LogP contribution in [0.15, 0.2) is 41.7 Å². The van der Waals surface area contributed by atoms with Crippen molar-refractivity contribution in [3.8, 4) is 0 Å². The third kappa shape index (κ3) is 5.44. The predicted octanol–water partition coefficient (Wildman–Crippen LogP) is 3.63. The predicted molar refractivity (Wildman–Crippen MR) is 51.5 cm³/mol. The minimum atomic E-state index is 0.996. The van der Waals surface area contributed by atoms with Gasteiger partial charge < -0.3 is 0 Å². The fourth-order valence-corrected chi connectivity index (χ4v) is 0.476. The number of hydrogen-bond donors (Lipinski definition) is 0. The number of rotatable bonds is 3. The molecule has 0 atom stereocenters. The Balaban J connectivity index is 4.12. The van der Waals surface area contributed by atoms with Gasteiger partial charge in [0, 0.05) is 0 Å². The quantitative estimate of drug-likeness (QED) is 0.423. The molecule has 0 aliphatic carbocycles. The molecule has 0 fully saturated rings. The van der Waals surface area contributed by atoms with E-state index < -0.39 is 0 Å². The standard InChI is InChI=1S/C11H16/c1-5-10(3)8-7-9-11(4)6-2/h6,8-9H,3,5H2,1-2,4H3/b11-6-. The summed E-state index contributed by atoms with van der Waals surface area (Å²) in [6, 6.07) is 0. The fraction of sp³-hybridized carbons (Fsp3) is 0.364. The first kappa shape index (κ1) is 10.0. The molecule has 0 heterocycles. The summed E-state index contributed by atoms with van der Waals surface area (Å²) >= 11 is 0. The van der Waals surface area contributed by atoms with Gasteiger partial charge in [-0.3, -0.25) is 0 Å². The lowest BCUT2D eigenvalue weighted by molar-refractivity contribution is 1.16. The van der Waals surface area contributed by atoms with Crippen LogP contribution in [0.3, 0.4) is 0 Å². The van der Waals surface area contributed by atoms with E-state index in [1.165, 1.54) is 5.57 Å². The van der Waals surface area contributed by atoms with Gasteiger partial charge in [0.05, 0.1) is 0 Å². The van der Waals surface area contributed by atoms with Gasteiger partial charge in [-0.25, -0.2) is 0 Å². The van der Waals surface area contributed by atoms with Crippen LogP contribution in [0.25, 0.3) is 0 Å². The maximum atomic E-state index is 3.84. The summed E-state index contributed by atoms with van der Waals surface area (Å²) in [5.74, 6) is 0. The highest BCUT2D eigenvalue weighted by molar-refractivity contribution is 5.19. The van der Waals surface area contributed by atoms with Crippen molar-refractivity contribution in [2.75, 3.05) is 0 Å². The third-order valence-corrected chi connectivity index (χ3v) is 1.51. The maximum Gasteiger partial charge on any atom is -0.0174 e. The van der Waals surface area contributed by atoms with Crippen molar-refractivity contribution < 1.29 is 0 Å². The van der Waals surface area contributed by atoms with E-state index in [-0.39, 0.29) is 0 Å². The molecule has 0 rings (SSSR count). The molecule has 0 aromatic heterocycles. The summed E-state index contributed by atoms with van der Waals surface area (Å²) in [5, 5.41) is 0. The van der Waals surface area contributed by atoms with E-state index in [9.17, 15) is 0 Å². The van der Waals surface area contributed by atoms with E-state index in [1.807, 2.05) is 19.1 Å². The van der Waals surface area contributed by atoms with Gasteiger partial charge in [-0.05, 0) is 43.6 Å². The van der Waals surface area contributed by atoms with Gasteiger partial charge in [-0.15, -0.1) is 5.73 Å². The first-order valence-electron chi connectivity index (χ1n) is 3.93. The lowest BCUT2D eigenvalue weighted by Gasteiger charge is -1.86. The summed E-state index contributed by atoms with van der Waals surface area (Å²) in [6.07, 6.45) is 6.93. The largest absolute Gasteiger partial charge is 0.120 e. The van der Waals surface area contributed by atoms with E-state index in [0.29, 0.717) is 0 Å². The molecular weight excluding hydrogens is 132 g/mol. The Hall–Kier alpha value is -1.00. The molecule has 0 heteroatoms. The first-order valence-corrected chi connectivity index (χ1v) is 3.93.